The lowest BCUT2D eigenvalue weighted by Gasteiger charge is -2.48. The molecule has 2 aromatic heterocycles. The van der Waals surface area contributed by atoms with Crippen LogP contribution in [0.1, 0.15) is 28.0 Å². The zero-order valence-electron chi connectivity index (χ0n) is 15.2. The van der Waals surface area contributed by atoms with Crippen molar-refractivity contribution in [2.24, 2.45) is 0 Å². The number of hydrogen-bond donors (Lipinski definition) is 3. The van der Waals surface area contributed by atoms with Gasteiger partial charge in [0.05, 0.1) is 24.0 Å². The van der Waals surface area contributed by atoms with Gasteiger partial charge in [-0.25, -0.2) is 9.97 Å². The quantitative estimate of drug-likeness (QED) is 0.576. The number of aliphatic hydroxyl groups is 1. The van der Waals surface area contributed by atoms with Crippen molar-refractivity contribution in [2.45, 2.75) is 31.0 Å². The summed E-state index contributed by atoms with van der Waals surface area (Å²) in [4.78, 5) is 22.8. The van der Waals surface area contributed by atoms with E-state index in [0.717, 1.165) is 13.0 Å². The molecule has 0 saturated carbocycles. The minimum Gasteiger partial charge on any atom is -0.505 e. The molecule has 8 heteroatoms. The number of carbonyl (C=O) groups is 1. The lowest BCUT2D eigenvalue weighted by molar-refractivity contribution is -0.0140. The van der Waals surface area contributed by atoms with E-state index in [2.05, 4.69) is 27.4 Å². The van der Waals surface area contributed by atoms with Crippen LogP contribution in [0.2, 0.25) is 0 Å². The number of fused-ring (bicyclic) bond motifs is 2. The van der Waals surface area contributed by atoms with E-state index in [4.69, 9.17) is 0 Å². The number of amides is 1. The summed E-state index contributed by atoms with van der Waals surface area (Å²) in [5.41, 5.74) is 2.37. The molecule has 0 bridgehead atoms. The molecule has 144 valence electrons. The van der Waals surface area contributed by atoms with E-state index in [-0.39, 0.29) is 23.9 Å². The van der Waals surface area contributed by atoms with Crippen LogP contribution in [0.3, 0.4) is 0 Å². The summed E-state index contributed by atoms with van der Waals surface area (Å²) < 4.78 is 1.52. The van der Waals surface area contributed by atoms with Crippen LogP contribution in [0, 0.1) is 0 Å². The number of nitrogens with one attached hydrogen (secondary N) is 1. The van der Waals surface area contributed by atoms with Crippen molar-refractivity contribution < 1.29 is 15.0 Å². The Kier molecular flexibility index (Phi) is 3.85. The maximum Gasteiger partial charge on any atom is 0.274 e. The number of carbonyl (C=O) groups excluding carboxylic acids is 1. The first-order valence-corrected chi connectivity index (χ1v) is 9.37. The van der Waals surface area contributed by atoms with Gasteiger partial charge in [-0.2, -0.15) is 0 Å². The van der Waals surface area contributed by atoms with Gasteiger partial charge in [0.1, 0.15) is 5.69 Å². The Morgan fingerprint density at radius 2 is 2.07 bits per heavy atom. The summed E-state index contributed by atoms with van der Waals surface area (Å²) in [5, 5.41) is 24.0. The molecule has 1 fully saturated rings. The third-order valence-electron chi connectivity index (χ3n) is 5.92. The van der Waals surface area contributed by atoms with E-state index in [1.807, 2.05) is 12.1 Å². The predicted octanol–water partition coefficient (Wildman–Crippen LogP) is 0.726. The van der Waals surface area contributed by atoms with E-state index in [0.29, 0.717) is 18.7 Å². The number of likely N-dealkylation sites (tertiary alicyclic amines) is 1. The summed E-state index contributed by atoms with van der Waals surface area (Å²) in [6.07, 6.45) is 5.05. The molecule has 2 aliphatic rings. The number of piperidine rings is 1. The molecule has 1 spiro atoms. The fraction of sp³-hybridized carbons (Fsp3) is 0.350. The molecule has 1 amide bonds. The molecular weight excluding hydrogens is 358 g/mol. The van der Waals surface area contributed by atoms with E-state index >= 15 is 0 Å². The fourth-order valence-electron chi connectivity index (χ4n) is 4.29. The van der Waals surface area contributed by atoms with Gasteiger partial charge >= 0.3 is 0 Å². The van der Waals surface area contributed by atoms with Crippen molar-refractivity contribution in [3.8, 4) is 5.75 Å². The number of aromatic hydroxyl groups is 1. The average Bonchev–Trinajstić information content (AvgIpc) is 3.13. The monoisotopic (exact) mass is 379 g/mol. The summed E-state index contributed by atoms with van der Waals surface area (Å²) in [7, 11) is 0. The Hall–Kier alpha value is -2.97. The first-order chi connectivity index (χ1) is 13.5. The number of β-amino-alcohol motifs (C(OH)–C–C–N with tert-alkyl or cyclic N) is 1. The molecule has 5 rings (SSSR count). The van der Waals surface area contributed by atoms with Gasteiger partial charge in [0.25, 0.3) is 5.91 Å². The molecule has 2 atom stereocenters. The second-order valence-electron chi connectivity index (χ2n) is 7.62. The molecule has 3 N–H and O–H groups in total. The number of hydrogen-bond acceptors (Lipinski definition) is 6. The van der Waals surface area contributed by atoms with Gasteiger partial charge in [-0.05, 0) is 24.0 Å². The van der Waals surface area contributed by atoms with Gasteiger partial charge in [0.2, 0.25) is 5.78 Å². The fourth-order valence-corrected chi connectivity index (χ4v) is 4.29. The Morgan fingerprint density at radius 3 is 2.89 bits per heavy atom. The smallest absolute Gasteiger partial charge is 0.274 e. The van der Waals surface area contributed by atoms with Crippen LogP contribution in [0.15, 0.2) is 42.9 Å². The van der Waals surface area contributed by atoms with Gasteiger partial charge in [-0.1, -0.05) is 24.3 Å². The molecule has 2 aliphatic heterocycles. The molecule has 8 nitrogen and oxygen atoms in total. The van der Waals surface area contributed by atoms with Gasteiger partial charge in [0.15, 0.2) is 5.75 Å². The number of benzene rings is 1. The highest BCUT2D eigenvalue weighted by molar-refractivity contribution is 5.93. The van der Waals surface area contributed by atoms with E-state index < -0.39 is 11.6 Å². The van der Waals surface area contributed by atoms with Gasteiger partial charge < -0.3 is 20.4 Å². The molecule has 3 aromatic rings. The number of aromatic nitrogens is 3. The first kappa shape index (κ1) is 17.2. The summed E-state index contributed by atoms with van der Waals surface area (Å²) in [6.45, 7) is 1.51. The minimum atomic E-state index is -0.669. The molecule has 1 saturated heterocycles. The van der Waals surface area contributed by atoms with Crippen LogP contribution in [0.25, 0.3) is 5.78 Å². The second-order valence-corrected chi connectivity index (χ2v) is 7.62. The zero-order valence-corrected chi connectivity index (χ0v) is 15.2. The molecule has 0 radical (unpaired) electrons. The molecule has 28 heavy (non-hydrogen) atoms. The predicted molar refractivity (Wildman–Crippen MR) is 101 cm³/mol. The highest BCUT2D eigenvalue weighted by Gasteiger charge is 2.45. The van der Waals surface area contributed by atoms with Crippen molar-refractivity contribution in [1.82, 2.24) is 24.6 Å². The lowest BCUT2D eigenvalue weighted by atomic mass is 9.76. The maximum atomic E-state index is 12.9. The zero-order chi connectivity index (χ0) is 19.3. The third-order valence-corrected chi connectivity index (χ3v) is 5.92. The normalized spacial score (nSPS) is 24.5. The second kappa shape index (κ2) is 6.29. The van der Waals surface area contributed by atoms with E-state index in [1.54, 1.807) is 11.1 Å². The van der Waals surface area contributed by atoms with Crippen molar-refractivity contribution in [3.63, 3.8) is 0 Å². The summed E-state index contributed by atoms with van der Waals surface area (Å²) in [5.74, 6) is 0.110. The van der Waals surface area contributed by atoms with Crippen molar-refractivity contribution >= 4 is 11.7 Å². The Bertz CT molecular complexity index is 1060. The maximum absolute atomic E-state index is 12.9. The van der Waals surface area contributed by atoms with Gasteiger partial charge in [0, 0.05) is 25.8 Å². The van der Waals surface area contributed by atoms with E-state index in [9.17, 15) is 15.0 Å². The van der Waals surface area contributed by atoms with Crippen molar-refractivity contribution in [2.75, 3.05) is 13.1 Å². The van der Waals surface area contributed by atoms with Crippen LogP contribution in [0.4, 0.5) is 0 Å². The van der Waals surface area contributed by atoms with Crippen LogP contribution >= 0.6 is 0 Å². The third kappa shape index (κ3) is 2.73. The van der Waals surface area contributed by atoms with E-state index in [1.165, 1.54) is 27.9 Å². The van der Waals surface area contributed by atoms with Crippen molar-refractivity contribution in [1.29, 1.82) is 0 Å². The highest BCUT2D eigenvalue weighted by Crippen LogP contribution is 2.32. The van der Waals surface area contributed by atoms with Crippen LogP contribution in [-0.4, -0.2) is 60.1 Å². The average molecular weight is 379 g/mol. The topological polar surface area (TPSA) is 103 Å². The first-order valence-electron chi connectivity index (χ1n) is 9.37. The lowest BCUT2D eigenvalue weighted by Crippen LogP contribution is -2.65. The highest BCUT2D eigenvalue weighted by atomic mass is 16.3. The molecule has 0 unspecified atom stereocenters. The summed E-state index contributed by atoms with van der Waals surface area (Å²) in [6, 6.07) is 8.27. The van der Waals surface area contributed by atoms with Crippen molar-refractivity contribution in [3.05, 3.63) is 59.7 Å². The number of nitrogens with zero attached hydrogens (tertiary/aromatic N) is 4. The molecule has 0 aliphatic carbocycles. The molecule has 4 heterocycles. The van der Waals surface area contributed by atoms with Crippen LogP contribution < -0.4 is 5.32 Å². The Labute approximate surface area is 161 Å². The number of rotatable bonds is 1. The molecule has 1 aromatic carbocycles. The number of imidazole rings is 1. The Morgan fingerprint density at radius 1 is 1.25 bits per heavy atom. The minimum absolute atomic E-state index is 0.00268. The standard InChI is InChI=1S/C20H21N5O3/c26-15-9-21-19-23-16(11-25(19)10-15)18(28)24-6-5-20(17(27)12-24)7-13-3-1-2-4-14(13)8-22-20/h1-4,9-11,17,22,26-27H,5-8,12H2/t17-,20+/m1/s1. The Balaban J connectivity index is 1.35. The van der Waals surface area contributed by atoms with Gasteiger partial charge in [-0.3, -0.25) is 9.20 Å². The molecular formula is C20H21N5O3. The van der Waals surface area contributed by atoms with Crippen LogP contribution in [-0.2, 0) is 13.0 Å². The van der Waals surface area contributed by atoms with Gasteiger partial charge in [-0.15, -0.1) is 0 Å². The largest absolute Gasteiger partial charge is 0.505 e. The number of aliphatic hydroxyl groups excluding tert-OH is 1. The SMILES string of the molecule is O=C(c1cn2cc(O)cnc2n1)N1CC[C@]2(Cc3ccccc3CN2)[C@H](O)C1. The summed E-state index contributed by atoms with van der Waals surface area (Å²) >= 11 is 0. The van der Waals surface area contributed by atoms with Crippen LogP contribution in [0.5, 0.6) is 5.75 Å².